The van der Waals surface area contributed by atoms with Gasteiger partial charge in [-0.15, -0.1) is 0 Å². The Morgan fingerprint density at radius 2 is 1.90 bits per heavy atom. The Hall–Kier alpha value is -3.87. The number of phenols is 1. The van der Waals surface area contributed by atoms with E-state index in [2.05, 4.69) is 10.5 Å². The maximum atomic E-state index is 12.4. The first-order chi connectivity index (χ1) is 14.0. The van der Waals surface area contributed by atoms with E-state index in [1.54, 1.807) is 37.3 Å². The molecule has 146 valence electrons. The molecule has 0 aliphatic carbocycles. The topological polar surface area (TPSA) is 91.2 Å². The Bertz CT molecular complexity index is 1140. The predicted octanol–water partition coefficient (Wildman–Crippen LogP) is 2.81. The van der Waals surface area contributed by atoms with Crippen LogP contribution in [0.4, 0.5) is 5.69 Å². The summed E-state index contributed by atoms with van der Waals surface area (Å²) in [5, 5.41) is 16.2. The van der Waals surface area contributed by atoms with Crippen molar-refractivity contribution in [2.24, 2.45) is 5.10 Å². The molecule has 7 heteroatoms. The number of hydrogen-bond donors (Lipinski definition) is 2. The molecule has 2 N–H and O–H groups in total. The van der Waals surface area contributed by atoms with Gasteiger partial charge >= 0.3 is 0 Å². The van der Waals surface area contributed by atoms with Crippen LogP contribution in [0.25, 0.3) is 10.8 Å². The number of rotatable bonds is 4. The van der Waals surface area contributed by atoms with E-state index in [-0.39, 0.29) is 24.8 Å². The Balaban J connectivity index is 1.50. The van der Waals surface area contributed by atoms with E-state index in [0.717, 1.165) is 5.39 Å². The fourth-order valence-corrected chi connectivity index (χ4v) is 3.26. The van der Waals surface area contributed by atoms with Crippen molar-refractivity contribution in [1.82, 2.24) is 5.43 Å². The molecule has 3 aromatic rings. The maximum absolute atomic E-state index is 12.4. The number of carbonyl (C=O) groups excluding carboxylic acids is 2. The summed E-state index contributed by atoms with van der Waals surface area (Å²) < 4.78 is 5.37. The normalized spacial score (nSPS) is 13.8. The van der Waals surface area contributed by atoms with E-state index in [1.165, 1.54) is 4.90 Å². The summed E-state index contributed by atoms with van der Waals surface area (Å²) >= 11 is 0. The highest BCUT2D eigenvalue weighted by Crippen LogP contribution is 2.31. The van der Waals surface area contributed by atoms with Crippen molar-refractivity contribution >= 4 is 34.0 Å². The second-order valence-corrected chi connectivity index (χ2v) is 6.65. The summed E-state index contributed by atoms with van der Waals surface area (Å²) in [4.78, 5) is 25.9. The van der Waals surface area contributed by atoms with E-state index < -0.39 is 5.91 Å². The van der Waals surface area contributed by atoms with Crippen LogP contribution >= 0.6 is 0 Å². The molecule has 0 fully saturated rings. The summed E-state index contributed by atoms with van der Waals surface area (Å²) in [6, 6.07) is 18.2. The number of carbonyl (C=O) groups is 2. The third kappa shape index (κ3) is 3.62. The van der Waals surface area contributed by atoms with Crippen molar-refractivity contribution in [3.8, 4) is 11.5 Å². The number of anilines is 1. The highest BCUT2D eigenvalue weighted by Gasteiger charge is 2.26. The van der Waals surface area contributed by atoms with Gasteiger partial charge in [0.2, 0.25) is 0 Å². The lowest BCUT2D eigenvalue weighted by Crippen LogP contribution is -2.44. The largest absolute Gasteiger partial charge is 0.507 e. The molecule has 0 saturated carbocycles. The van der Waals surface area contributed by atoms with E-state index in [4.69, 9.17) is 4.74 Å². The van der Waals surface area contributed by atoms with Gasteiger partial charge in [0.1, 0.15) is 18.0 Å². The smallest absolute Gasteiger partial charge is 0.265 e. The number of nitrogens with zero attached hydrogens (tertiary/aromatic N) is 2. The summed E-state index contributed by atoms with van der Waals surface area (Å²) in [5.74, 6) is -0.0852. The second kappa shape index (κ2) is 7.63. The number of nitrogens with one attached hydrogen (secondary N) is 1. The molecular weight excluding hydrogens is 370 g/mol. The van der Waals surface area contributed by atoms with Crippen LogP contribution in [0.5, 0.6) is 11.5 Å². The molecule has 7 nitrogen and oxygen atoms in total. The number of benzene rings is 3. The van der Waals surface area contributed by atoms with Crippen molar-refractivity contribution in [2.75, 3.05) is 18.1 Å². The zero-order chi connectivity index (χ0) is 20.4. The molecule has 1 heterocycles. The minimum atomic E-state index is -0.449. The molecule has 0 spiro atoms. The van der Waals surface area contributed by atoms with Crippen LogP contribution in [-0.2, 0) is 9.59 Å². The summed E-state index contributed by atoms with van der Waals surface area (Å²) in [5.41, 5.74) is 3.98. The first-order valence-corrected chi connectivity index (χ1v) is 9.11. The molecule has 1 aliphatic heterocycles. The fraction of sp³-hybridized carbons (Fsp3) is 0.136. The first kappa shape index (κ1) is 18.5. The molecule has 29 heavy (non-hydrogen) atoms. The van der Waals surface area contributed by atoms with Gasteiger partial charge in [-0.1, -0.05) is 42.5 Å². The molecule has 0 radical (unpaired) electrons. The van der Waals surface area contributed by atoms with Crippen molar-refractivity contribution < 1.29 is 19.4 Å². The Morgan fingerprint density at radius 1 is 1.14 bits per heavy atom. The van der Waals surface area contributed by atoms with Gasteiger partial charge in [-0.25, -0.2) is 5.43 Å². The van der Waals surface area contributed by atoms with Crippen LogP contribution in [0, 0.1) is 0 Å². The fourth-order valence-electron chi connectivity index (χ4n) is 3.26. The summed E-state index contributed by atoms with van der Waals surface area (Å²) in [6.45, 7) is 1.40. The standard InChI is InChI=1S/C22H19N3O4/c1-14(16-11-10-15-6-2-3-7-17(15)22(16)28)23-24-20(26)12-25-18-8-4-5-9-19(18)29-13-21(25)27/h2-11,28H,12-13H2,1H3,(H,24,26)/b23-14+. The second-order valence-electron chi connectivity index (χ2n) is 6.65. The SMILES string of the molecule is C/C(=N\NC(=O)CN1C(=O)COc2ccccc21)c1ccc2ccccc2c1O. The van der Waals surface area contributed by atoms with Crippen LogP contribution in [-0.4, -0.2) is 35.8 Å². The van der Waals surface area contributed by atoms with Crippen LogP contribution in [0.3, 0.4) is 0 Å². The third-order valence-electron chi connectivity index (χ3n) is 4.75. The van der Waals surface area contributed by atoms with Gasteiger partial charge in [-0.2, -0.15) is 5.10 Å². The molecule has 0 atom stereocenters. The number of aromatic hydroxyl groups is 1. The lowest BCUT2D eigenvalue weighted by atomic mass is 10.0. The number of hydrazone groups is 1. The lowest BCUT2D eigenvalue weighted by Gasteiger charge is -2.28. The Kier molecular flexibility index (Phi) is 4.87. The van der Waals surface area contributed by atoms with Crippen LogP contribution in [0.2, 0.25) is 0 Å². The number of phenolic OH excluding ortho intramolecular Hbond substituents is 1. The molecule has 4 rings (SSSR count). The summed E-state index contributed by atoms with van der Waals surface area (Å²) in [6.07, 6.45) is 0. The quantitative estimate of drug-likeness (QED) is 0.530. The minimum absolute atomic E-state index is 0.107. The van der Waals surface area contributed by atoms with E-state index >= 15 is 0 Å². The van der Waals surface area contributed by atoms with Gasteiger partial charge in [0.05, 0.1) is 11.4 Å². The van der Waals surface area contributed by atoms with Crippen molar-refractivity contribution in [3.05, 3.63) is 66.2 Å². The summed E-state index contributed by atoms with van der Waals surface area (Å²) in [7, 11) is 0. The zero-order valence-electron chi connectivity index (χ0n) is 15.8. The van der Waals surface area contributed by atoms with Gasteiger partial charge < -0.3 is 9.84 Å². The van der Waals surface area contributed by atoms with Crippen molar-refractivity contribution in [3.63, 3.8) is 0 Å². The molecular formula is C22H19N3O4. The minimum Gasteiger partial charge on any atom is -0.507 e. The molecule has 2 amide bonds. The number of amides is 2. The van der Waals surface area contributed by atoms with Gasteiger partial charge in [-0.3, -0.25) is 14.5 Å². The highest BCUT2D eigenvalue weighted by atomic mass is 16.5. The lowest BCUT2D eigenvalue weighted by molar-refractivity contribution is -0.125. The maximum Gasteiger partial charge on any atom is 0.265 e. The number of hydrogen-bond acceptors (Lipinski definition) is 5. The Morgan fingerprint density at radius 3 is 2.76 bits per heavy atom. The van der Waals surface area contributed by atoms with E-state index in [9.17, 15) is 14.7 Å². The number of fused-ring (bicyclic) bond motifs is 2. The molecule has 0 bridgehead atoms. The van der Waals surface area contributed by atoms with Crippen molar-refractivity contribution in [1.29, 1.82) is 0 Å². The molecule has 1 aliphatic rings. The average molecular weight is 389 g/mol. The van der Waals surface area contributed by atoms with Crippen LogP contribution in [0.1, 0.15) is 12.5 Å². The molecule has 3 aromatic carbocycles. The van der Waals surface area contributed by atoms with E-state index in [0.29, 0.717) is 28.1 Å². The van der Waals surface area contributed by atoms with E-state index in [1.807, 2.05) is 30.3 Å². The molecule has 0 saturated heterocycles. The highest BCUT2D eigenvalue weighted by molar-refractivity contribution is 6.07. The van der Waals surface area contributed by atoms with Crippen LogP contribution in [0.15, 0.2) is 65.8 Å². The van der Waals surface area contributed by atoms with Gasteiger partial charge in [-0.05, 0) is 30.5 Å². The molecule has 0 unspecified atom stereocenters. The molecule has 0 aromatic heterocycles. The third-order valence-corrected chi connectivity index (χ3v) is 4.75. The Labute approximate surface area is 167 Å². The predicted molar refractivity (Wildman–Crippen MR) is 110 cm³/mol. The first-order valence-electron chi connectivity index (χ1n) is 9.11. The van der Waals surface area contributed by atoms with Gasteiger partial charge in [0.15, 0.2) is 6.61 Å². The van der Waals surface area contributed by atoms with Crippen molar-refractivity contribution in [2.45, 2.75) is 6.92 Å². The zero-order valence-corrected chi connectivity index (χ0v) is 15.8. The average Bonchev–Trinajstić information content (AvgIpc) is 2.74. The number of ether oxygens (including phenoxy) is 1. The van der Waals surface area contributed by atoms with Crippen LogP contribution < -0.4 is 15.1 Å². The van der Waals surface area contributed by atoms with Gasteiger partial charge in [0.25, 0.3) is 11.8 Å². The van der Waals surface area contributed by atoms with Gasteiger partial charge in [0, 0.05) is 10.9 Å². The number of para-hydroxylation sites is 2. The monoisotopic (exact) mass is 389 g/mol.